The Hall–Kier alpha value is -0.730. The van der Waals surface area contributed by atoms with Crippen molar-refractivity contribution in [2.24, 2.45) is 22.1 Å². The smallest absolute Gasteiger partial charge is 0.192 e. The standard InChI is InChI=1S/C15H29N3/c1-11(2)18-13(16)17-10-15(18)9-7-6-8-12(15)14(3,4)5/h11-12H,6-10H2,1-5H3,(H2,16,17). The van der Waals surface area contributed by atoms with Gasteiger partial charge in [0.2, 0.25) is 0 Å². The number of nitrogens with two attached hydrogens (primary N) is 1. The lowest BCUT2D eigenvalue weighted by Gasteiger charge is -2.54. The van der Waals surface area contributed by atoms with Crippen LogP contribution in [0.1, 0.15) is 60.3 Å². The molecule has 0 radical (unpaired) electrons. The number of rotatable bonds is 1. The van der Waals surface area contributed by atoms with Crippen LogP contribution in [0, 0.1) is 11.3 Å². The van der Waals surface area contributed by atoms with Crippen LogP contribution in [0.2, 0.25) is 0 Å². The molecule has 3 heteroatoms. The second kappa shape index (κ2) is 4.43. The van der Waals surface area contributed by atoms with Gasteiger partial charge in [-0.25, -0.2) is 0 Å². The van der Waals surface area contributed by atoms with Gasteiger partial charge in [0, 0.05) is 6.04 Å². The van der Waals surface area contributed by atoms with Gasteiger partial charge in [-0.3, -0.25) is 4.99 Å². The van der Waals surface area contributed by atoms with E-state index in [1.165, 1.54) is 25.7 Å². The van der Waals surface area contributed by atoms with Crippen LogP contribution in [0.3, 0.4) is 0 Å². The molecule has 0 aromatic heterocycles. The van der Waals surface area contributed by atoms with Crippen LogP contribution in [0.5, 0.6) is 0 Å². The molecule has 0 aromatic carbocycles. The highest BCUT2D eigenvalue weighted by molar-refractivity contribution is 5.81. The maximum atomic E-state index is 6.17. The molecule has 1 aliphatic carbocycles. The monoisotopic (exact) mass is 251 g/mol. The van der Waals surface area contributed by atoms with Crippen molar-refractivity contribution in [1.29, 1.82) is 0 Å². The van der Waals surface area contributed by atoms with E-state index >= 15 is 0 Å². The van der Waals surface area contributed by atoms with Gasteiger partial charge in [0.25, 0.3) is 0 Å². The lowest BCUT2D eigenvalue weighted by Crippen LogP contribution is -2.62. The zero-order chi connectivity index (χ0) is 13.6. The number of guanidine groups is 1. The van der Waals surface area contributed by atoms with E-state index < -0.39 is 0 Å². The first-order valence-electron chi connectivity index (χ1n) is 7.38. The van der Waals surface area contributed by atoms with Crippen molar-refractivity contribution in [3.63, 3.8) is 0 Å². The van der Waals surface area contributed by atoms with Crippen molar-refractivity contribution < 1.29 is 0 Å². The zero-order valence-corrected chi connectivity index (χ0v) is 12.7. The summed E-state index contributed by atoms with van der Waals surface area (Å²) in [6.07, 6.45) is 5.24. The summed E-state index contributed by atoms with van der Waals surface area (Å²) >= 11 is 0. The molecule has 3 nitrogen and oxygen atoms in total. The average Bonchev–Trinajstić information content (AvgIpc) is 2.55. The third kappa shape index (κ3) is 2.02. The molecule has 2 rings (SSSR count). The lowest BCUT2D eigenvalue weighted by atomic mass is 9.61. The molecule has 0 aromatic rings. The second-order valence-corrected chi connectivity index (χ2v) is 7.41. The molecular weight excluding hydrogens is 222 g/mol. The maximum absolute atomic E-state index is 6.17. The van der Waals surface area contributed by atoms with Gasteiger partial charge in [0.1, 0.15) is 0 Å². The summed E-state index contributed by atoms with van der Waals surface area (Å²) in [5.41, 5.74) is 6.68. The van der Waals surface area contributed by atoms with Gasteiger partial charge in [-0.1, -0.05) is 33.6 Å². The van der Waals surface area contributed by atoms with E-state index in [0.29, 0.717) is 17.4 Å². The van der Waals surface area contributed by atoms with Crippen LogP contribution in [0.4, 0.5) is 0 Å². The van der Waals surface area contributed by atoms with Crippen molar-refractivity contribution in [2.75, 3.05) is 6.54 Å². The van der Waals surface area contributed by atoms with Crippen molar-refractivity contribution in [2.45, 2.75) is 71.9 Å². The predicted octanol–water partition coefficient (Wildman–Crippen LogP) is 3.00. The predicted molar refractivity (Wildman–Crippen MR) is 77.6 cm³/mol. The molecule has 2 N–H and O–H groups in total. The number of aliphatic imine (C=N–C) groups is 1. The van der Waals surface area contributed by atoms with E-state index in [9.17, 15) is 0 Å². The van der Waals surface area contributed by atoms with E-state index in [2.05, 4.69) is 44.5 Å². The van der Waals surface area contributed by atoms with Crippen LogP contribution in [0.15, 0.2) is 4.99 Å². The fourth-order valence-corrected chi connectivity index (χ4v) is 4.32. The molecule has 2 aliphatic rings. The SMILES string of the molecule is CC(C)N1C(N)=NCC12CCCCC2C(C)(C)C. The van der Waals surface area contributed by atoms with E-state index in [-0.39, 0.29) is 5.54 Å². The molecule has 1 spiro atoms. The topological polar surface area (TPSA) is 41.6 Å². The average molecular weight is 251 g/mol. The number of hydrogen-bond acceptors (Lipinski definition) is 3. The minimum atomic E-state index is 0.189. The van der Waals surface area contributed by atoms with Crippen molar-refractivity contribution in [1.82, 2.24) is 4.90 Å². The molecule has 18 heavy (non-hydrogen) atoms. The molecule has 1 saturated carbocycles. The van der Waals surface area contributed by atoms with Gasteiger partial charge in [0.05, 0.1) is 12.1 Å². The van der Waals surface area contributed by atoms with Crippen LogP contribution in [-0.4, -0.2) is 29.0 Å². The van der Waals surface area contributed by atoms with Crippen LogP contribution in [0.25, 0.3) is 0 Å². The molecular formula is C15H29N3. The molecule has 2 atom stereocenters. The first kappa shape index (κ1) is 13.7. The van der Waals surface area contributed by atoms with Gasteiger partial charge in [-0.05, 0) is 38.0 Å². The van der Waals surface area contributed by atoms with E-state index in [1.54, 1.807) is 0 Å². The Balaban J connectivity index is 2.38. The highest BCUT2D eigenvalue weighted by atomic mass is 15.4. The number of hydrogen-bond donors (Lipinski definition) is 1. The summed E-state index contributed by atoms with van der Waals surface area (Å²) in [6.45, 7) is 12.5. The van der Waals surface area contributed by atoms with Crippen LogP contribution >= 0.6 is 0 Å². The second-order valence-electron chi connectivity index (χ2n) is 7.41. The summed E-state index contributed by atoms with van der Waals surface area (Å²) < 4.78 is 0. The Morgan fingerprint density at radius 2 is 2.00 bits per heavy atom. The largest absolute Gasteiger partial charge is 0.370 e. The maximum Gasteiger partial charge on any atom is 0.192 e. The van der Waals surface area contributed by atoms with E-state index in [4.69, 9.17) is 5.73 Å². The van der Waals surface area contributed by atoms with Gasteiger partial charge in [0.15, 0.2) is 5.96 Å². The van der Waals surface area contributed by atoms with Gasteiger partial charge in [-0.15, -0.1) is 0 Å². The van der Waals surface area contributed by atoms with Crippen molar-refractivity contribution in [3.8, 4) is 0 Å². The molecule has 104 valence electrons. The van der Waals surface area contributed by atoms with Crippen LogP contribution in [-0.2, 0) is 0 Å². The quantitative estimate of drug-likeness (QED) is 0.778. The minimum Gasteiger partial charge on any atom is -0.370 e. The first-order chi connectivity index (χ1) is 8.29. The minimum absolute atomic E-state index is 0.189. The lowest BCUT2D eigenvalue weighted by molar-refractivity contribution is -0.00591. The Kier molecular flexibility index (Phi) is 3.37. The molecule has 0 amide bonds. The molecule has 1 aliphatic heterocycles. The van der Waals surface area contributed by atoms with Crippen molar-refractivity contribution in [3.05, 3.63) is 0 Å². The van der Waals surface area contributed by atoms with Gasteiger partial charge >= 0.3 is 0 Å². The summed E-state index contributed by atoms with van der Waals surface area (Å²) in [6, 6.07) is 0.444. The first-order valence-corrected chi connectivity index (χ1v) is 7.38. The van der Waals surface area contributed by atoms with Gasteiger partial charge in [-0.2, -0.15) is 0 Å². The van der Waals surface area contributed by atoms with Crippen molar-refractivity contribution >= 4 is 5.96 Å². The van der Waals surface area contributed by atoms with Gasteiger partial charge < -0.3 is 10.6 Å². The third-order valence-corrected chi connectivity index (χ3v) is 4.80. The van der Waals surface area contributed by atoms with E-state index in [0.717, 1.165) is 12.5 Å². The summed E-state index contributed by atoms with van der Waals surface area (Å²) in [5.74, 6) is 1.45. The molecule has 1 fully saturated rings. The zero-order valence-electron chi connectivity index (χ0n) is 12.7. The highest BCUT2D eigenvalue weighted by Gasteiger charge is 2.53. The number of nitrogens with zero attached hydrogens (tertiary/aromatic N) is 2. The molecule has 0 bridgehead atoms. The summed E-state index contributed by atoms with van der Waals surface area (Å²) in [4.78, 5) is 7.02. The normalized spacial score (nSPS) is 33.3. The summed E-state index contributed by atoms with van der Waals surface area (Å²) in [7, 11) is 0. The van der Waals surface area contributed by atoms with Crippen LogP contribution < -0.4 is 5.73 Å². The summed E-state index contributed by atoms with van der Waals surface area (Å²) in [5, 5.41) is 0. The Morgan fingerprint density at radius 1 is 1.33 bits per heavy atom. The third-order valence-electron chi connectivity index (χ3n) is 4.80. The Morgan fingerprint density at radius 3 is 2.56 bits per heavy atom. The molecule has 2 unspecified atom stereocenters. The fourth-order valence-electron chi connectivity index (χ4n) is 4.32. The Labute approximate surface area is 112 Å². The highest BCUT2D eigenvalue weighted by Crippen LogP contribution is 2.49. The van der Waals surface area contributed by atoms with E-state index in [1.807, 2.05) is 0 Å². The molecule has 1 heterocycles. The Bertz CT molecular complexity index is 340. The fraction of sp³-hybridized carbons (Fsp3) is 0.933. The molecule has 0 saturated heterocycles.